The van der Waals surface area contributed by atoms with Gasteiger partial charge in [0.15, 0.2) is 5.17 Å². The quantitative estimate of drug-likeness (QED) is 0.575. The first-order valence-electron chi connectivity index (χ1n) is 8.86. The number of carbonyl (C=O) groups is 1. The number of nitrogens with one attached hydrogen (secondary N) is 1. The number of nitrogens with zero attached hydrogens (tertiary/aromatic N) is 1. The molecule has 0 aromatic heterocycles. The number of alkyl halides is 6. The molecule has 1 aliphatic heterocycles. The molecule has 0 spiro atoms. The Morgan fingerprint density at radius 3 is 2.13 bits per heavy atom. The SMILES string of the molecule is Cc1ccc(COCc2cc(C(F)(F)F)cc(C(F)(F)F)c2)c(N2C(=N)SCC2=O)c1. The van der Waals surface area contributed by atoms with Gasteiger partial charge in [-0.15, -0.1) is 0 Å². The molecule has 1 aliphatic rings. The summed E-state index contributed by atoms with van der Waals surface area (Å²) in [5, 5.41) is 7.96. The highest BCUT2D eigenvalue weighted by Gasteiger charge is 2.37. The number of carbonyl (C=O) groups excluding carboxylic acids is 1. The molecule has 166 valence electrons. The molecule has 1 amide bonds. The first kappa shape index (κ1) is 23.1. The lowest BCUT2D eigenvalue weighted by Crippen LogP contribution is -2.29. The molecule has 0 atom stereocenters. The Bertz CT molecular complexity index is 971. The smallest absolute Gasteiger partial charge is 0.372 e. The summed E-state index contributed by atoms with van der Waals surface area (Å²) < 4.78 is 83.4. The summed E-state index contributed by atoms with van der Waals surface area (Å²) in [5.41, 5.74) is -1.41. The number of anilines is 1. The molecule has 11 heteroatoms. The maximum absolute atomic E-state index is 13.0. The van der Waals surface area contributed by atoms with Gasteiger partial charge >= 0.3 is 12.4 Å². The van der Waals surface area contributed by atoms with Crippen LogP contribution in [-0.2, 0) is 35.1 Å². The Labute approximate surface area is 177 Å². The Morgan fingerprint density at radius 2 is 1.61 bits per heavy atom. The minimum atomic E-state index is -4.94. The standard InChI is InChI=1S/C20H16F6N2O2S/c1-11-2-3-13(16(4-11)28-17(29)10-31-18(28)27)9-30-8-12-5-14(19(21,22)23)7-15(6-12)20(24,25)26/h2-7,27H,8-10H2,1H3. The highest BCUT2D eigenvalue weighted by molar-refractivity contribution is 8.15. The number of halogens is 6. The van der Waals surface area contributed by atoms with E-state index in [4.69, 9.17) is 10.1 Å². The van der Waals surface area contributed by atoms with Gasteiger partial charge in [-0.25, -0.2) is 0 Å². The van der Waals surface area contributed by atoms with Crippen molar-refractivity contribution in [3.05, 3.63) is 64.2 Å². The first-order chi connectivity index (χ1) is 14.4. The van der Waals surface area contributed by atoms with Crippen molar-refractivity contribution < 1.29 is 35.9 Å². The van der Waals surface area contributed by atoms with Crippen molar-refractivity contribution in [3.8, 4) is 0 Å². The average molecular weight is 462 g/mol. The lowest BCUT2D eigenvalue weighted by molar-refractivity contribution is -0.143. The van der Waals surface area contributed by atoms with Gasteiger partial charge in [0.2, 0.25) is 5.91 Å². The largest absolute Gasteiger partial charge is 0.416 e. The molecule has 2 aromatic carbocycles. The van der Waals surface area contributed by atoms with E-state index in [0.717, 1.165) is 17.3 Å². The minimum Gasteiger partial charge on any atom is -0.372 e. The molecular weight excluding hydrogens is 446 g/mol. The van der Waals surface area contributed by atoms with E-state index in [-0.39, 0.29) is 35.1 Å². The molecule has 31 heavy (non-hydrogen) atoms. The first-order valence-corrected chi connectivity index (χ1v) is 9.85. The average Bonchev–Trinajstić information content (AvgIpc) is 2.99. The molecule has 0 saturated carbocycles. The van der Waals surface area contributed by atoms with Crippen LogP contribution in [0.4, 0.5) is 32.0 Å². The number of hydrogen-bond acceptors (Lipinski definition) is 4. The fourth-order valence-corrected chi connectivity index (χ4v) is 3.72. The summed E-state index contributed by atoms with van der Waals surface area (Å²) in [6.07, 6.45) is -9.87. The van der Waals surface area contributed by atoms with E-state index in [0.29, 0.717) is 23.4 Å². The van der Waals surface area contributed by atoms with Crippen molar-refractivity contribution >= 4 is 28.5 Å². The van der Waals surface area contributed by atoms with Crippen LogP contribution in [0.1, 0.15) is 27.8 Å². The number of rotatable bonds is 5. The van der Waals surface area contributed by atoms with Crippen LogP contribution in [0.3, 0.4) is 0 Å². The van der Waals surface area contributed by atoms with E-state index < -0.39 is 30.1 Å². The van der Waals surface area contributed by atoms with Crippen LogP contribution in [-0.4, -0.2) is 16.8 Å². The summed E-state index contributed by atoms with van der Waals surface area (Å²) in [6, 6.07) is 6.32. The van der Waals surface area contributed by atoms with Crippen LogP contribution in [0.25, 0.3) is 0 Å². The van der Waals surface area contributed by atoms with Gasteiger partial charge in [0, 0.05) is 5.56 Å². The zero-order chi connectivity index (χ0) is 23.0. The zero-order valence-electron chi connectivity index (χ0n) is 16.0. The van der Waals surface area contributed by atoms with Crippen molar-refractivity contribution in [2.75, 3.05) is 10.7 Å². The Kier molecular flexibility index (Phi) is 6.38. The molecule has 0 bridgehead atoms. The Hall–Kier alpha value is -2.53. The normalized spacial score (nSPS) is 15.1. The lowest BCUT2D eigenvalue weighted by Gasteiger charge is -2.20. The summed E-state index contributed by atoms with van der Waals surface area (Å²) >= 11 is 1.06. The molecule has 0 radical (unpaired) electrons. The van der Waals surface area contributed by atoms with E-state index in [1.165, 1.54) is 4.90 Å². The van der Waals surface area contributed by atoms with Crippen molar-refractivity contribution in [1.82, 2.24) is 0 Å². The van der Waals surface area contributed by atoms with E-state index in [2.05, 4.69) is 0 Å². The third kappa shape index (κ3) is 5.40. The van der Waals surface area contributed by atoms with Gasteiger partial charge in [-0.1, -0.05) is 23.9 Å². The summed E-state index contributed by atoms with van der Waals surface area (Å²) in [7, 11) is 0. The minimum absolute atomic E-state index is 0.0320. The fourth-order valence-electron chi connectivity index (χ4n) is 3.00. The van der Waals surface area contributed by atoms with Crippen molar-refractivity contribution in [2.24, 2.45) is 0 Å². The molecule has 2 aromatic rings. The Balaban J connectivity index is 1.82. The highest BCUT2D eigenvalue weighted by atomic mass is 32.2. The van der Waals surface area contributed by atoms with Crippen LogP contribution >= 0.6 is 11.8 Å². The molecule has 1 saturated heterocycles. The summed E-state index contributed by atoms with van der Waals surface area (Å²) in [4.78, 5) is 13.3. The van der Waals surface area contributed by atoms with Gasteiger partial charge in [-0.3, -0.25) is 15.1 Å². The van der Waals surface area contributed by atoms with Gasteiger partial charge in [-0.2, -0.15) is 26.3 Å². The summed E-state index contributed by atoms with van der Waals surface area (Å²) in [6.45, 7) is 1.11. The molecule has 0 aliphatic carbocycles. The predicted molar refractivity (Wildman–Crippen MR) is 104 cm³/mol. The monoisotopic (exact) mass is 462 g/mol. The van der Waals surface area contributed by atoms with Gasteiger partial charge in [0.05, 0.1) is 35.8 Å². The number of amidine groups is 1. The zero-order valence-corrected chi connectivity index (χ0v) is 16.8. The molecule has 4 nitrogen and oxygen atoms in total. The van der Waals surface area contributed by atoms with Crippen LogP contribution in [0.5, 0.6) is 0 Å². The van der Waals surface area contributed by atoms with Crippen LogP contribution in [0.2, 0.25) is 0 Å². The van der Waals surface area contributed by atoms with E-state index in [1.807, 2.05) is 0 Å². The van der Waals surface area contributed by atoms with Gasteiger partial charge in [0.25, 0.3) is 0 Å². The second kappa shape index (κ2) is 8.54. The van der Waals surface area contributed by atoms with Gasteiger partial charge in [0.1, 0.15) is 0 Å². The highest BCUT2D eigenvalue weighted by Crippen LogP contribution is 2.37. The third-order valence-corrected chi connectivity index (χ3v) is 5.29. The second-order valence-electron chi connectivity index (χ2n) is 6.86. The van der Waals surface area contributed by atoms with Crippen LogP contribution in [0.15, 0.2) is 36.4 Å². The predicted octanol–water partition coefficient (Wildman–Crippen LogP) is 5.76. The van der Waals surface area contributed by atoms with E-state index in [9.17, 15) is 31.1 Å². The number of aryl methyl sites for hydroxylation is 1. The summed E-state index contributed by atoms with van der Waals surface area (Å²) in [5.74, 6) is -0.188. The number of benzene rings is 2. The molecule has 1 heterocycles. The molecule has 0 unspecified atom stereocenters. The second-order valence-corrected chi connectivity index (χ2v) is 7.83. The van der Waals surface area contributed by atoms with Crippen molar-refractivity contribution in [1.29, 1.82) is 5.41 Å². The van der Waals surface area contributed by atoms with Crippen LogP contribution < -0.4 is 4.90 Å². The molecular formula is C20H16F6N2O2S. The van der Waals surface area contributed by atoms with Crippen molar-refractivity contribution in [3.63, 3.8) is 0 Å². The van der Waals surface area contributed by atoms with Gasteiger partial charge in [-0.05, 0) is 42.3 Å². The maximum Gasteiger partial charge on any atom is 0.416 e. The van der Waals surface area contributed by atoms with E-state index >= 15 is 0 Å². The number of hydrogen-bond donors (Lipinski definition) is 1. The molecule has 1 fully saturated rings. The third-order valence-electron chi connectivity index (χ3n) is 4.44. The fraction of sp³-hybridized carbons (Fsp3) is 0.300. The lowest BCUT2D eigenvalue weighted by atomic mass is 10.1. The Morgan fingerprint density at radius 1 is 1.00 bits per heavy atom. The molecule has 3 rings (SSSR count). The number of thioether (sulfide) groups is 1. The van der Waals surface area contributed by atoms with Crippen molar-refractivity contribution in [2.45, 2.75) is 32.5 Å². The maximum atomic E-state index is 13.0. The van der Waals surface area contributed by atoms with Crippen LogP contribution in [0, 0.1) is 12.3 Å². The topological polar surface area (TPSA) is 53.4 Å². The number of ether oxygens (including phenoxy) is 1. The molecule has 1 N–H and O–H groups in total. The van der Waals surface area contributed by atoms with Gasteiger partial charge < -0.3 is 4.74 Å². The number of amides is 1. The van der Waals surface area contributed by atoms with E-state index in [1.54, 1.807) is 25.1 Å².